The maximum absolute atomic E-state index is 10.0. The highest BCUT2D eigenvalue weighted by atomic mass is 16.3. The van der Waals surface area contributed by atoms with E-state index in [1.165, 1.54) is 31.3 Å². The van der Waals surface area contributed by atoms with E-state index in [4.69, 9.17) is 0 Å². The van der Waals surface area contributed by atoms with Gasteiger partial charge in [0, 0.05) is 0 Å². The molecule has 2 aliphatic carbocycles. The quantitative estimate of drug-likeness (QED) is 0.636. The van der Waals surface area contributed by atoms with Gasteiger partial charge in [-0.05, 0) is 49.9 Å². The third kappa shape index (κ3) is 1.33. The highest BCUT2D eigenvalue weighted by Crippen LogP contribution is 2.57. The molecule has 2 aliphatic rings. The average molecular weight is 194 g/mol. The van der Waals surface area contributed by atoms with Gasteiger partial charge in [-0.1, -0.05) is 25.5 Å². The lowest BCUT2D eigenvalue weighted by atomic mass is 9.63. The van der Waals surface area contributed by atoms with Gasteiger partial charge in [-0.25, -0.2) is 0 Å². The molecule has 0 spiro atoms. The minimum Gasteiger partial charge on any atom is -0.393 e. The Morgan fingerprint density at radius 2 is 2.07 bits per heavy atom. The third-order valence-electron chi connectivity index (χ3n) is 4.68. The molecule has 0 saturated heterocycles. The number of aliphatic hydroxyl groups is 1. The fraction of sp³-hybridized carbons (Fsp3) is 0.846. The third-order valence-corrected chi connectivity index (χ3v) is 4.68. The molecule has 0 aromatic heterocycles. The lowest BCUT2D eigenvalue weighted by Gasteiger charge is -2.43. The molecule has 1 nitrogen and oxygen atoms in total. The van der Waals surface area contributed by atoms with Crippen LogP contribution in [-0.2, 0) is 0 Å². The maximum Gasteiger partial charge on any atom is 0.0573 e. The molecular formula is C13H22O. The second-order valence-corrected chi connectivity index (χ2v) is 5.55. The number of hydrogen-bond acceptors (Lipinski definition) is 1. The minimum absolute atomic E-state index is 0.0434. The second kappa shape index (κ2) is 3.37. The van der Waals surface area contributed by atoms with Gasteiger partial charge in [0.15, 0.2) is 0 Å². The van der Waals surface area contributed by atoms with Gasteiger partial charge < -0.3 is 5.11 Å². The number of allylic oxidation sites excluding steroid dienone is 1. The van der Waals surface area contributed by atoms with Crippen molar-refractivity contribution in [2.24, 2.45) is 17.3 Å². The van der Waals surface area contributed by atoms with Crippen molar-refractivity contribution in [2.75, 3.05) is 0 Å². The lowest BCUT2D eigenvalue weighted by molar-refractivity contribution is -0.0108. The zero-order chi connectivity index (χ0) is 10.3. The molecular weight excluding hydrogens is 172 g/mol. The summed E-state index contributed by atoms with van der Waals surface area (Å²) in [4.78, 5) is 0. The van der Waals surface area contributed by atoms with Gasteiger partial charge in [0.1, 0.15) is 0 Å². The molecule has 0 aromatic carbocycles. The van der Waals surface area contributed by atoms with Gasteiger partial charge in [0.25, 0.3) is 0 Å². The van der Waals surface area contributed by atoms with E-state index in [1.807, 2.05) is 0 Å². The monoisotopic (exact) mass is 194 g/mol. The first-order valence-electron chi connectivity index (χ1n) is 5.89. The highest BCUT2D eigenvalue weighted by Gasteiger charge is 2.50. The first-order chi connectivity index (χ1) is 6.55. The summed E-state index contributed by atoms with van der Waals surface area (Å²) in [6, 6.07) is 0. The molecule has 80 valence electrons. The van der Waals surface area contributed by atoms with Crippen molar-refractivity contribution < 1.29 is 5.11 Å². The van der Waals surface area contributed by atoms with Gasteiger partial charge in [-0.2, -0.15) is 0 Å². The molecule has 0 bridgehead atoms. The molecule has 4 atom stereocenters. The number of hydrogen-bond donors (Lipinski definition) is 1. The summed E-state index contributed by atoms with van der Waals surface area (Å²) in [6.45, 7) is 8.64. The van der Waals surface area contributed by atoms with Gasteiger partial charge >= 0.3 is 0 Å². The van der Waals surface area contributed by atoms with E-state index >= 15 is 0 Å². The molecule has 1 heteroatoms. The number of fused-ring (bicyclic) bond motifs is 1. The Balaban J connectivity index is 2.24. The summed E-state index contributed by atoms with van der Waals surface area (Å²) in [6.07, 6.45) is 5.90. The molecule has 2 saturated carbocycles. The predicted octanol–water partition coefficient (Wildman–Crippen LogP) is 3.14. The van der Waals surface area contributed by atoms with Crippen LogP contribution in [0.3, 0.4) is 0 Å². The summed E-state index contributed by atoms with van der Waals surface area (Å²) in [7, 11) is 0. The highest BCUT2D eigenvalue weighted by molar-refractivity contribution is 5.11. The zero-order valence-electron chi connectivity index (χ0n) is 9.42. The van der Waals surface area contributed by atoms with Gasteiger partial charge in [-0.3, -0.25) is 0 Å². The summed E-state index contributed by atoms with van der Waals surface area (Å²) < 4.78 is 0. The fourth-order valence-electron chi connectivity index (χ4n) is 3.96. The minimum atomic E-state index is -0.0434. The van der Waals surface area contributed by atoms with E-state index in [-0.39, 0.29) is 6.10 Å². The zero-order valence-corrected chi connectivity index (χ0v) is 9.42. The van der Waals surface area contributed by atoms with Crippen LogP contribution < -0.4 is 0 Å². The first-order valence-corrected chi connectivity index (χ1v) is 5.89. The molecule has 0 aliphatic heterocycles. The van der Waals surface area contributed by atoms with E-state index in [9.17, 15) is 5.11 Å². The van der Waals surface area contributed by atoms with Crippen LogP contribution in [0.25, 0.3) is 0 Å². The van der Waals surface area contributed by atoms with Crippen LogP contribution in [0.2, 0.25) is 0 Å². The topological polar surface area (TPSA) is 20.2 Å². The summed E-state index contributed by atoms with van der Waals surface area (Å²) in [5.74, 6) is 1.19. The van der Waals surface area contributed by atoms with Crippen molar-refractivity contribution in [1.29, 1.82) is 0 Å². The molecule has 0 radical (unpaired) electrons. The van der Waals surface area contributed by atoms with Crippen LogP contribution in [0.1, 0.15) is 46.0 Å². The van der Waals surface area contributed by atoms with Gasteiger partial charge in [0.05, 0.1) is 6.10 Å². The Kier molecular flexibility index (Phi) is 2.46. The van der Waals surface area contributed by atoms with Crippen LogP contribution in [0.5, 0.6) is 0 Å². The Morgan fingerprint density at radius 3 is 2.71 bits per heavy atom. The maximum atomic E-state index is 10.0. The lowest BCUT2D eigenvalue weighted by Crippen LogP contribution is -2.39. The van der Waals surface area contributed by atoms with Crippen molar-refractivity contribution in [2.45, 2.75) is 52.1 Å². The van der Waals surface area contributed by atoms with Crippen LogP contribution in [0, 0.1) is 17.3 Å². The van der Waals surface area contributed by atoms with E-state index in [1.54, 1.807) is 0 Å². The van der Waals surface area contributed by atoms with Crippen molar-refractivity contribution in [1.82, 2.24) is 0 Å². The molecule has 0 heterocycles. The van der Waals surface area contributed by atoms with Crippen molar-refractivity contribution in [3.8, 4) is 0 Å². The largest absolute Gasteiger partial charge is 0.393 e. The Labute approximate surface area is 87.2 Å². The van der Waals surface area contributed by atoms with Gasteiger partial charge in [-0.15, -0.1) is 0 Å². The molecule has 0 aromatic rings. The standard InChI is InChI=1S/C13H22O/c1-9(2)10-6-7-11-12(14)5-4-8-13(10,11)3/h10-12,14H,1,4-8H2,2-3H3. The number of aliphatic hydroxyl groups excluding tert-OH is 1. The van der Waals surface area contributed by atoms with Gasteiger partial charge in [0.2, 0.25) is 0 Å². The van der Waals surface area contributed by atoms with Crippen molar-refractivity contribution in [3.63, 3.8) is 0 Å². The summed E-state index contributed by atoms with van der Waals surface area (Å²) in [5.41, 5.74) is 1.67. The normalized spacial score (nSPS) is 47.5. The average Bonchev–Trinajstić information content (AvgIpc) is 2.43. The van der Waals surface area contributed by atoms with Crippen LogP contribution in [0.15, 0.2) is 12.2 Å². The van der Waals surface area contributed by atoms with E-state index in [2.05, 4.69) is 20.4 Å². The second-order valence-electron chi connectivity index (χ2n) is 5.55. The fourth-order valence-corrected chi connectivity index (χ4v) is 3.96. The van der Waals surface area contributed by atoms with Crippen LogP contribution >= 0.6 is 0 Å². The van der Waals surface area contributed by atoms with Crippen LogP contribution in [0.4, 0.5) is 0 Å². The summed E-state index contributed by atoms with van der Waals surface area (Å²) in [5, 5.41) is 10.0. The molecule has 2 fully saturated rings. The van der Waals surface area contributed by atoms with E-state index < -0.39 is 0 Å². The molecule has 14 heavy (non-hydrogen) atoms. The van der Waals surface area contributed by atoms with Crippen LogP contribution in [-0.4, -0.2) is 11.2 Å². The smallest absolute Gasteiger partial charge is 0.0573 e. The Bertz CT molecular complexity index is 246. The van der Waals surface area contributed by atoms with E-state index in [0.717, 1.165) is 6.42 Å². The SMILES string of the molecule is C=C(C)C1CCC2C(O)CCCC12C. The molecule has 1 N–H and O–H groups in total. The van der Waals surface area contributed by atoms with E-state index in [0.29, 0.717) is 17.3 Å². The summed E-state index contributed by atoms with van der Waals surface area (Å²) >= 11 is 0. The predicted molar refractivity (Wildman–Crippen MR) is 59.0 cm³/mol. The first kappa shape index (κ1) is 10.2. The number of rotatable bonds is 1. The van der Waals surface area contributed by atoms with Crippen molar-refractivity contribution >= 4 is 0 Å². The van der Waals surface area contributed by atoms with Crippen molar-refractivity contribution in [3.05, 3.63) is 12.2 Å². The molecule has 4 unspecified atom stereocenters. The molecule has 0 amide bonds. The molecule has 2 rings (SSSR count). The Morgan fingerprint density at radius 1 is 1.36 bits per heavy atom. The Hall–Kier alpha value is -0.300.